The van der Waals surface area contributed by atoms with E-state index in [1.807, 2.05) is 32.0 Å². The number of nitrogens with one attached hydrogen (secondary N) is 2. The van der Waals surface area contributed by atoms with Crippen molar-refractivity contribution in [1.82, 2.24) is 15.5 Å². The summed E-state index contributed by atoms with van der Waals surface area (Å²) >= 11 is 0. The number of hydrogen-bond acceptors (Lipinski definition) is 5. The fourth-order valence-electron chi connectivity index (χ4n) is 2.90. The van der Waals surface area contributed by atoms with Gasteiger partial charge in [-0.05, 0) is 38.5 Å². The summed E-state index contributed by atoms with van der Waals surface area (Å²) in [5, 5.41) is 6.40. The zero-order valence-electron chi connectivity index (χ0n) is 15.1. The summed E-state index contributed by atoms with van der Waals surface area (Å²) in [7, 11) is 1.62. The highest BCUT2D eigenvalue weighted by Crippen LogP contribution is 2.30. The van der Waals surface area contributed by atoms with Gasteiger partial charge >= 0.3 is 0 Å². The van der Waals surface area contributed by atoms with Gasteiger partial charge in [0.15, 0.2) is 11.5 Å². The van der Waals surface area contributed by atoms with Crippen LogP contribution in [0.15, 0.2) is 18.2 Å². The fourth-order valence-corrected chi connectivity index (χ4v) is 2.90. The third-order valence-corrected chi connectivity index (χ3v) is 4.35. The number of ether oxygens (including phenoxy) is 2. The second-order valence-electron chi connectivity index (χ2n) is 6.16. The predicted molar refractivity (Wildman–Crippen MR) is 94.6 cm³/mol. The van der Waals surface area contributed by atoms with Gasteiger partial charge in [0.1, 0.15) is 0 Å². The van der Waals surface area contributed by atoms with Crippen LogP contribution in [0.3, 0.4) is 0 Å². The van der Waals surface area contributed by atoms with Crippen LogP contribution in [0.4, 0.5) is 0 Å². The minimum Gasteiger partial charge on any atom is -0.493 e. The van der Waals surface area contributed by atoms with Crippen molar-refractivity contribution in [1.29, 1.82) is 0 Å². The Morgan fingerprint density at radius 3 is 2.92 bits per heavy atom. The van der Waals surface area contributed by atoms with E-state index in [1.54, 1.807) is 7.11 Å². The molecule has 1 aromatic rings. The van der Waals surface area contributed by atoms with E-state index in [4.69, 9.17) is 9.47 Å². The number of carbonyl (C=O) groups is 1. The molecule has 1 saturated heterocycles. The Bertz CT molecular complexity index is 550. The fraction of sp³-hybridized carbons (Fsp3) is 0.611. The van der Waals surface area contributed by atoms with Crippen molar-refractivity contribution in [2.24, 2.45) is 0 Å². The van der Waals surface area contributed by atoms with E-state index in [1.165, 1.54) is 0 Å². The second kappa shape index (κ2) is 8.89. The molecule has 24 heavy (non-hydrogen) atoms. The molecule has 134 valence electrons. The van der Waals surface area contributed by atoms with Crippen molar-refractivity contribution >= 4 is 5.91 Å². The Morgan fingerprint density at radius 2 is 2.25 bits per heavy atom. The minimum absolute atomic E-state index is 0.0455. The molecule has 2 rings (SSSR count). The molecule has 0 radical (unpaired) electrons. The molecule has 1 heterocycles. The third-order valence-electron chi connectivity index (χ3n) is 4.35. The lowest BCUT2D eigenvalue weighted by atomic mass is 10.1. The van der Waals surface area contributed by atoms with Crippen molar-refractivity contribution in [3.05, 3.63) is 23.8 Å². The maximum atomic E-state index is 12.3. The normalized spacial score (nSPS) is 19.6. The molecule has 2 N–H and O–H groups in total. The van der Waals surface area contributed by atoms with Crippen LogP contribution >= 0.6 is 0 Å². The first-order chi connectivity index (χ1) is 11.5. The summed E-state index contributed by atoms with van der Waals surface area (Å²) in [5.74, 6) is 1.45. The van der Waals surface area contributed by atoms with E-state index in [-0.39, 0.29) is 11.9 Å². The number of amides is 1. The topological polar surface area (TPSA) is 62.8 Å². The number of carbonyl (C=O) groups excluding carboxylic acids is 1. The van der Waals surface area contributed by atoms with E-state index in [9.17, 15) is 4.79 Å². The summed E-state index contributed by atoms with van der Waals surface area (Å²) in [6.07, 6.45) is 0. The Kier molecular flexibility index (Phi) is 6.87. The molecule has 0 spiro atoms. The van der Waals surface area contributed by atoms with Crippen LogP contribution in [-0.4, -0.2) is 56.7 Å². The summed E-state index contributed by atoms with van der Waals surface area (Å²) in [4.78, 5) is 14.5. The first-order valence-corrected chi connectivity index (χ1v) is 8.60. The first kappa shape index (κ1) is 18.5. The Hall–Kier alpha value is -1.79. The molecule has 0 aliphatic carbocycles. The highest BCUT2D eigenvalue weighted by atomic mass is 16.5. The molecular formula is C18H29N3O3. The minimum atomic E-state index is -0.0831. The Morgan fingerprint density at radius 1 is 1.46 bits per heavy atom. The molecule has 0 saturated carbocycles. The van der Waals surface area contributed by atoms with Gasteiger partial charge in [0.2, 0.25) is 5.91 Å². The maximum absolute atomic E-state index is 12.3. The zero-order valence-corrected chi connectivity index (χ0v) is 15.1. The van der Waals surface area contributed by atoms with Crippen LogP contribution < -0.4 is 20.1 Å². The van der Waals surface area contributed by atoms with Gasteiger partial charge in [0.05, 0.1) is 26.3 Å². The number of hydrogen-bond donors (Lipinski definition) is 2. The summed E-state index contributed by atoms with van der Waals surface area (Å²) < 4.78 is 10.9. The van der Waals surface area contributed by atoms with Crippen molar-refractivity contribution < 1.29 is 14.3 Å². The number of benzene rings is 1. The molecule has 1 aliphatic rings. The number of methoxy groups -OCH3 is 1. The molecule has 0 aromatic heterocycles. The monoisotopic (exact) mass is 335 g/mol. The molecule has 2 atom stereocenters. The van der Waals surface area contributed by atoms with Gasteiger partial charge in [0.25, 0.3) is 0 Å². The number of piperazine rings is 1. The number of nitrogens with zero attached hydrogens (tertiary/aromatic N) is 1. The largest absolute Gasteiger partial charge is 0.493 e. The van der Waals surface area contributed by atoms with Crippen LogP contribution in [0.25, 0.3) is 0 Å². The zero-order chi connectivity index (χ0) is 17.5. The highest BCUT2D eigenvalue weighted by Gasteiger charge is 2.21. The molecule has 6 nitrogen and oxygen atoms in total. The second-order valence-corrected chi connectivity index (χ2v) is 6.16. The van der Waals surface area contributed by atoms with Crippen LogP contribution in [0, 0.1) is 0 Å². The molecule has 0 bridgehead atoms. The summed E-state index contributed by atoms with van der Waals surface area (Å²) in [6.45, 7) is 9.84. The number of rotatable bonds is 7. The molecule has 6 heteroatoms. The van der Waals surface area contributed by atoms with Gasteiger partial charge < -0.3 is 20.1 Å². The highest BCUT2D eigenvalue weighted by molar-refractivity contribution is 5.78. The van der Waals surface area contributed by atoms with Crippen molar-refractivity contribution in [3.8, 4) is 11.5 Å². The SMILES string of the molecule is CCOc1ccc(C(C)NC(=O)CN2CCNC[C@@H]2C)cc1OC. The maximum Gasteiger partial charge on any atom is 0.234 e. The van der Waals surface area contributed by atoms with Crippen molar-refractivity contribution in [2.45, 2.75) is 32.9 Å². The van der Waals surface area contributed by atoms with Crippen LogP contribution in [-0.2, 0) is 4.79 Å². The molecular weight excluding hydrogens is 306 g/mol. The molecule has 1 fully saturated rings. The van der Waals surface area contributed by atoms with E-state index in [0.29, 0.717) is 24.9 Å². The third kappa shape index (κ3) is 4.85. The molecule has 1 aliphatic heterocycles. The lowest BCUT2D eigenvalue weighted by Crippen LogP contribution is -2.52. The summed E-state index contributed by atoms with van der Waals surface area (Å²) in [6, 6.07) is 6.07. The predicted octanol–water partition coefficient (Wildman–Crippen LogP) is 1.56. The van der Waals surface area contributed by atoms with Crippen molar-refractivity contribution in [2.75, 3.05) is 39.9 Å². The van der Waals surface area contributed by atoms with Crippen LogP contribution in [0.2, 0.25) is 0 Å². The summed E-state index contributed by atoms with van der Waals surface area (Å²) in [5.41, 5.74) is 0.997. The molecule has 1 amide bonds. The standard InChI is InChI=1S/C18H29N3O3/c1-5-24-16-7-6-15(10-17(16)23-4)14(3)20-18(22)12-21-9-8-19-11-13(21)2/h6-7,10,13-14,19H,5,8-9,11-12H2,1-4H3,(H,20,22)/t13-,14?/m0/s1. The van der Waals surface area contributed by atoms with Crippen LogP contribution in [0.5, 0.6) is 11.5 Å². The average molecular weight is 335 g/mol. The van der Waals surface area contributed by atoms with Crippen LogP contribution in [0.1, 0.15) is 32.4 Å². The van der Waals surface area contributed by atoms with Gasteiger partial charge in [-0.1, -0.05) is 6.07 Å². The van der Waals surface area contributed by atoms with E-state index >= 15 is 0 Å². The Balaban J connectivity index is 1.95. The van der Waals surface area contributed by atoms with Gasteiger partial charge in [0, 0.05) is 25.7 Å². The first-order valence-electron chi connectivity index (χ1n) is 8.60. The van der Waals surface area contributed by atoms with Crippen molar-refractivity contribution in [3.63, 3.8) is 0 Å². The Labute approximate surface area is 144 Å². The average Bonchev–Trinajstić information content (AvgIpc) is 2.57. The quantitative estimate of drug-likeness (QED) is 0.792. The molecule has 1 unspecified atom stereocenters. The van der Waals surface area contributed by atoms with E-state index in [2.05, 4.69) is 22.5 Å². The van der Waals surface area contributed by atoms with Gasteiger partial charge in [-0.2, -0.15) is 0 Å². The van der Waals surface area contributed by atoms with Gasteiger partial charge in [-0.25, -0.2) is 0 Å². The van der Waals surface area contributed by atoms with Gasteiger partial charge in [-0.3, -0.25) is 9.69 Å². The van der Waals surface area contributed by atoms with E-state index in [0.717, 1.165) is 30.9 Å². The lowest BCUT2D eigenvalue weighted by molar-refractivity contribution is -0.123. The van der Waals surface area contributed by atoms with E-state index < -0.39 is 0 Å². The lowest BCUT2D eigenvalue weighted by Gasteiger charge is -2.33. The smallest absolute Gasteiger partial charge is 0.234 e. The molecule has 1 aromatic carbocycles. The van der Waals surface area contributed by atoms with Gasteiger partial charge in [-0.15, -0.1) is 0 Å².